The summed E-state index contributed by atoms with van der Waals surface area (Å²) in [5, 5.41) is 1.05. The Labute approximate surface area is 97.7 Å². The molecule has 2 aromatic heterocycles. The second-order valence-electron chi connectivity index (χ2n) is 3.80. The third kappa shape index (κ3) is 1.48. The fourth-order valence-electron chi connectivity index (χ4n) is 1.82. The molecular weight excluding hydrogens is 214 g/mol. The average Bonchev–Trinajstić information content (AvgIpc) is 2.70. The van der Waals surface area contributed by atoms with Crippen LogP contribution in [0.1, 0.15) is 0 Å². The van der Waals surface area contributed by atoms with Gasteiger partial charge in [0.05, 0.1) is 5.52 Å². The van der Waals surface area contributed by atoms with Crippen LogP contribution in [0, 0.1) is 0 Å². The molecule has 0 bridgehead atoms. The molecule has 5 nitrogen and oxygen atoms in total. The number of fused-ring (bicyclic) bond motifs is 1. The summed E-state index contributed by atoms with van der Waals surface area (Å²) in [6, 6.07) is 9.78. The van der Waals surface area contributed by atoms with Gasteiger partial charge in [-0.3, -0.25) is 4.98 Å². The zero-order chi connectivity index (χ0) is 11.8. The predicted molar refractivity (Wildman–Crippen MR) is 67.5 cm³/mol. The number of imidazole rings is 1. The van der Waals surface area contributed by atoms with E-state index in [1.807, 2.05) is 30.3 Å². The van der Waals surface area contributed by atoms with Crippen LogP contribution in [0.15, 0.2) is 42.9 Å². The van der Waals surface area contributed by atoms with Gasteiger partial charge < -0.3 is 11.6 Å². The van der Waals surface area contributed by atoms with Gasteiger partial charge in [0.1, 0.15) is 17.8 Å². The topological polar surface area (TPSA) is 82.8 Å². The number of nitrogens with two attached hydrogens (primary N) is 2. The number of nitrogens with zero attached hydrogens (tertiary/aromatic N) is 3. The summed E-state index contributed by atoms with van der Waals surface area (Å²) in [5.41, 5.74) is 8.41. The molecule has 0 atom stereocenters. The summed E-state index contributed by atoms with van der Waals surface area (Å²) in [5.74, 6) is 6.06. The first-order chi connectivity index (χ1) is 8.25. The Morgan fingerprint density at radius 1 is 1.12 bits per heavy atom. The van der Waals surface area contributed by atoms with Crippen LogP contribution in [0.3, 0.4) is 0 Å². The lowest BCUT2D eigenvalue weighted by Crippen LogP contribution is -2.09. The zero-order valence-electron chi connectivity index (χ0n) is 9.04. The van der Waals surface area contributed by atoms with Gasteiger partial charge in [-0.15, -0.1) is 0 Å². The van der Waals surface area contributed by atoms with Crippen LogP contribution in [0.2, 0.25) is 0 Å². The van der Waals surface area contributed by atoms with E-state index in [0.717, 1.165) is 16.5 Å². The van der Waals surface area contributed by atoms with E-state index in [4.69, 9.17) is 11.6 Å². The van der Waals surface area contributed by atoms with Crippen LogP contribution in [-0.4, -0.2) is 14.6 Å². The average molecular weight is 225 g/mol. The van der Waals surface area contributed by atoms with E-state index in [-0.39, 0.29) is 0 Å². The van der Waals surface area contributed by atoms with Crippen LogP contribution in [0.4, 0.5) is 5.82 Å². The molecule has 2 heterocycles. The first kappa shape index (κ1) is 9.65. The lowest BCUT2D eigenvalue weighted by Gasteiger charge is -2.02. The van der Waals surface area contributed by atoms with Gasteiger partial charge >= 0.3 is 0 Å². The number of benzene rings is 1. The quantitative estimate of drug-likeness (QED) is 0.613. The summed E-state index contributed by atoms with van der Waals surface area (Å²) in [6.45, 7) is 0. The van der Waals surface area contributed by atoms with Crippen LogP contribution >= 0.6 is 0 Å². The Kier molecular flexibility index (Phi) is 1.98. The monoisotopic (exact) mass is 225 g/mol. The maximum absolute atomic E-state index is 5.84. The standard InChI is InChI=1S/C12H11N5/c13-12-11(16-7-17(12)14)9-3-4-10-8(6-9)2-1-5-15-10/h1-7H,13-14H2. The van der Waals surface area contributed by atoms with Gasteiger partial charge in [-0.05, 0) is 18.2 Å². The highest BCUT2D eigenvalue weighted by atomic mass is 15.3. The molecular formula is C12H11N5. The van der Waals surface area contributed by atoms with Crippen molar-refractivity contribution in [3.05, 3.63) is 42.9 Å². The van der Waals surface area contributed by atoms with E-state index < -0.39 is 0 Å². The Bertz CT molecular complexity index is 686. The van der Waals surface area contributed by atoms with E-state index in [0.29, 0.717) is 11.5 Å². The highest BCUT2D eigenvalue weighted by Gasteiger charge is 2.08. The number of pyridine rings is 1. The fraction of sp³-hybridized carbons (Fsp3) is 0. The normalized spacial score (nSPS) is 10.8. The van der Waals surface area contributed by atoms with Gasteiger partial charge in [-0.1, -0.05) is 12.1 Å². The number of hydrogen-bond donors (Lipinski definition) is 2. The summed E-state index contributed by atoms with van der Waals surface area (Å²) in [7, 11) is 0. The molecule has 0 saturated heterocycles. The Morgan fingerprint density at radius 3 is 2.76 bits per heavy atom. The van der Waals surface area contributed by atoms with E-state index in [2.05, 4.69) is 9.97 Å². The zero-order valence-corrected chi connectivity index (χ0v) is 9.04. The molecule has 0 fully saturated rings. The van der Waals surface area contributed by atoms with Crippen LogP contribution in [0.5, 0.6) is 0 Å². The minimum atomic E-state index is 0.452. The number of anilines is 1. The highest BCUT2D eigenvalue weighted by molar-refractivity contribution is 5.85. The summed E-state index contributed by atoms with van der Waals surface area (Å²) in [6.07, 6.45) is 3.27. The highest BCUT2D eigenvalue weighted by Crippen LogP contribution is 2.25. The lowest BCUT2D eigenvalue weighted by molar-refractivity contribution is 1.01. The molecule has 0 amide bonds. The predicted octanol–water partition coefficient (Wildman–Crippen LogP) is 1.39. The van der Waals surface area contributed by atoms with E-state index in [1.54, 1.807) is 6.20 Å². The van der Waals surface area contributed by atoms with E-state index in [1.165, 1.54) is 11.0 Å². The molecule has 4 N–H and O–H groups in total. The summed E-state index contributed by atoms with van der Waals surface area (Å²) >= 11 is 0. The third-order valence-electron chi connectivity index (χ3n) is 2.71. The first-order valence-electron chi connectivity index (χ1n) is 5.19. The fourth-order valence-corrected chi connectivity index (χ4v) is 1.82. The molecule has 0 saturated carbocycles. The molecule has 3 aromatic rings. The molecule has 0 aliphatic carbocycles. The third-order valence-corrected chi connectivity index (χ3v) is 2.71. The van der Waals surface area contributed by atoms with Crippen molar-refractivity contribution in [3.63, 3.8) is 0 Å². The van der Waals surface area contributed by atoms with Gasteiger partial charge in [-0.25, -0.2) is 9.66 Å². The number of aromatic nitrogens is 3. The first-order valence-corrected chi connectivity index (χ1v) is 5.19. The van der Waals surface area contributed by atoms with Gasteiger partial charge in [0.25, 0.3) is 0 Å². The largest absolute Gasteiger partial charge is 0.382 e. The van der Waals surface area contributed by atoms with E-state index >= 15 is 0 Å². The molecule has 0 unspecified atom stereocenters. The second kappa shape index (κ2) is 3.48. The summed E-state index contributed by atoms with van der Waals surface area (Å²) < 4.78 is 1.31. The summed E-state index contributed by atoms with van der Waals surface area (Å²) in [4.78, 5) is 8.45. The Hall–Kier alpha value is -2.56. The number of nitrogen functional groups attached to an aromatic ring is 2. The van der Waals surface area contributed by atoms with Gasteiger partial charge in [-0.2, -0.15) is 0 Å². The second-order valence-corrected chi connectivity index (χ2v) is 3.80. The van der Waals surface area contributed by atoms with Gasteiger partial charge in [0.2, 0.25) is 0 Å². The minimum absolute atomic E-state index is 0.452. The van der Waals surface area contributed by atoms with Crippen molar-refractivity contribution in [2.24, 2.45) is 0 Å². The molecule has 17 heavy (non-hydrogen) atoms. The molecule has 5 heteroatoms. The number of rotatable bonds is 1. The molecule has 1 aromatic carbocycles. The molecule has 84 valence electrons. The lowest BCUT2D eigenvalue weighted by atomic mass is 10.1. The maximum atomic E-state index is 5.84. The van der Waals surface area contributed by atoms with Crippen LogP contribution in [0.25, 0.3) is 22.2 Å². The van der Waals surface area contributed by atoms with Gasteiger partial charge in [0.15, 0.2) is 0 Å². The molecule has 0 spiro atoms. The SMILES string of the molecule is Nc1c(-c2ccc3ncccc3c2)ncn1N. The van der Waals surface area contributed by atoms with Crippen molar-refractivity contribution in [1.82, 2.24) is 14.6 Å². The van der Waals surface area contributed by atoms with Crippen molar-refractivity contribution in [3.8, 4) is 11.3 Å². The Morgan fingerprint density at radius 2 is 2.00 bits per heavy atom. The van der Waals surface area contributed by atoms with Crippen molar-refractivity contribution in [2.45, 2.75) is 0 Å². The van der Waals surface area contributed by atoms with Crippen LogP contribution < -0.4 is 11.6 Å². The number of hydrogen-bond acceptors (Lipinski definition) is 4. The van der Waals surface area contributed by atoms with Crippen LogP contribution in [-0.2, 0) is 0 Å². The van der Waals surface area contributed by atoms with E-state index in [9.17, 15) is 0 Å². The van der Waals surface area contributed by atoms with Crippen molar-refractivity contribution < 1.29 is 0 Å². The Balaban J connectivity index is 2.21. The molecule has 3 rings (SSSR count). The smallest absolute Gasteiger partial charge is 0.150 e. The minimum Gasteiger partial charge on any atom is -0.382 e. The van der Waals surface area contributed by atoms with Crippen molar-refractivity contribution in [1.29, 1.82) is 0 Å². The molecule has 0 aliphatic rings. The maximum Gasteiger partial charge on any atom is 0.150 e. The molecule has 0 aliphatic heterocycles. The van der Waals surface area contributed by atoms with Crippen molar-refractivity contribution in [2.75, 3.05) is 11.6 Å². The van der Waals surface area contributed by atoms with Crippen molar-refractivity contribution >= 4 is 16.7 Å². The van der Waals surface area contributed by atoms with Gasteiger partial charge in [0, 0.05) is 17.1 Å². The molecule has 0 radical (unpaired) electrons.